The van der Waals surface area contributed by atoms with Crippen LogP contribution in [-0.4, -0.2) is 88.0 Å². The van der Waals surface area contributed by atoms with Crippen molar-refractivity contribution in [2.45, 2.75) is 33.8 Å². The van der Waals surface area contributed by atoms with Gasteiger partial charge in [-0.3, -0.25) is 9.59 Å². The number of primary amides is 1. The largest absolute Gasteiger partial charge is 0.510 e. The second kappa shape index (κ2) is 10.9. The number of hydrogen-bond donors (Lipinski definition) is 3. The Labute approximate surface area is 235 Å². The highest BCUT2D eigenvalue weighted by molar-refractivity contribution is 6.41. The summed E-state index contributed by atoms with van der Waals surface area (Å²) in [6.07, 6.45) is -0.378. The summed E-state index contributed by atoms with van der Waals surface area (Å²) in [5.74, 6) is -1.14. The Morgan fingerprint density at radius 1 is 1.05 bits per heavy atom. The van der Waals surface area contributed by atoms with Crippen molar-refractivity contribution >= 4 is 52.8 Å². The van der Waals surface area contributed by atoms with Gasteiger partial charge in [-0.15, -0.1) is 0 Å². The second-order valence-corrected chi connectivity index (χ2v) is 11.4. The van der Waals surface area contributed by atoms with E-state index in [2.05, 4.69) is 10.3 Å². The van der Waals surface area contributed by atoms with Crippen LogP contribution in [0.4, 0.5) is 15.3 Å². The van der Waals surface area contributed by atoms with Gasteiger partial charge in [0.05, 0.1) is 22.8 Å². The zero-order valence-corrected chi connectivity index (χ0v) is 23.4. The van der Waals surface area contributed by atoms with Crippen LogP contribution in [0.1, 0.15) is 32.9 Å². The normalized spacial score (nSPS) is 17.5. The molecule has 0 saturated carbocycles. The Bertz CT molecular complexity index is 1290. The summed E-state index contributed by atoms with van der Waals surface area (Å²) < 4.78 is 5.48. The highest BCUT2D eigenvalue weighted by atomic mass is 35.5. The summed E-state index contributed by atoms with van der Waals surface area (Å²) >= 11 is 12.1. The predicted octanol–water partition coefficient (Wildman–Crippen LogP) is 3.06. The van der Waals surface area contributed by atoms with E-state index >= 15 is 0 Å². The highest BCUT2D eigenvalue weighted by Crippen LogP contribution is 2.30. The van der Waals surface area contributed by atoms with Crippen LogP contribution in [0, 0.1) is 5.41 Å². The van der Waals surface area contributed by atoms with Crippen molar-refractivity contribution in [1.29, 1.82) is 0 Å². The molecule has 0 fully saturated rings. The van der Waals surface area contributed by atoms with Crippen LogP contribution in [0.3, 0.4) is 0 Å². The van der Waals surface area contributed by atoms with Gasteiger partial charge in [0.15, 0.2) is 0 Å². The first-order chi connectivity index (χ1) is 18.2. The molecule has 0 aliphatic carbocycles. The second-order valence-electron chi connectivity index (χ2n) is 10.7. The van der Waals surface area contributed by atoms with Crippen LogP contribution in [0.2, 0.25) is 10.2 Å². The lowest BCUT2D eigenvalue weighted by molar-refractivity contribution is -0.123. The number of aliphatic hydroxyl groups is 1. The fourth-order valence-electron chi connectivity index (χ4n) is 4.47. The van der Waals surface area contributed by atoms with Crippen LogP contribution in [0.5, 0.6) is 0 Å². The maximum Gasteiger partial charge on any atom is 0.410 e. The maximum atomic E-state index is 13.0. The standard InChI is InChI=1S/C25H30Cl2N6O6/c1-25(2,3)22(36)30-17-6-16(26)20(27)29-18(17)12-39-24(38)33-9-13-7-32(8-14(13)10-33)23(37)31-5-4-15(21(28)35)19(34)11-31/h6,34H,4-5,7-12H2,1-3H3,(H2,28,35)(H,30,36). The van der Waals surface area contributed by atoms with E-state index in [1.165, 1.54) is 15.9 Å². The molecule has 0 bridgehead atoms. The van der Waals surface area contributed by atoms with Crippen molar-refractivity contribution < 1.29 is 29.0 Å². The zero-order valence-electron chi connectivity index (χ0n) is 21.8. The van der Waals surface area contributed by atoms with Gasteiger partial charge in [0.25, 0.3) is 0 Å². The fourth-order valence-corrected chi connectivity index (χ4v) is 4.78. The lowest BCUT2D eigenvalue weighted by Gasteiger charge is -2.32. The Kier molecular flexibility index (Phi) is 7.99. The van der Waals surface area contributed by atoms with Crippen LogP contribution in [0.15, 0.2) is 28.5 Å². The van der Waals surface area contributed by atoms with Crippen molar-refractivity contribution in [2.75, 3.05) is 44.6 Å². The number of carbonyl (C=O) groups excluding carboxylic acids is 4. The third-order valence-electron chi connectivity index (χ3n) is 6.72. The monoisotopic (exact) mass is 580 g/mol. The molecular weight excluding hydrogens is 551 g/mol. The SMILES string of the molecule is CC(C)(C)C(=O)Nc1cc(Cl)c(Cl)nc1COC(=O)N1CC2=C(C1)CN(C(=O)N1CCC(C(N)=O)=C(O)C1)C2. The number of rotatable bonds is 4. The number of aromatic nitrogens is 1. The summed E-state index contributed by atoms with van der Waals surface area (Å²) in [5.41, 5.74) is 7.18. The predicted molar refractivity (Wildman–Crippen MR) is 143 cm³/mol. The molecule has 39 heavy (non-hydrogen) atoms. The van der Waals surface area contributed by atoms with Crippen LogP contribution in [-0.2, 0) is 20.9 Å². The van der Waals surface area contributed by atoms with Gasteiger partial charge in [0.1, 0.15) is 23.2 Å². The smallest absolute Gasteiger partial charge is 0.410 e. The molecule has 1 aromatic heterocycles. The average Bonchev–Trinajstić information content (AvgIpc) is 3.43. The molecule has 0 saturated heterocycles. The summed E-state index contributed by atoms with van der Waals surface area (Å²) in [6, 6.07) is 1.21. The number of halogens is 2. The zero-order chi connectivity index (χ0) is 28.6. The molecule has 12 nitrogen and oxygen atoms in total. The van der Waals surface area contributed by atoms with E-state index in [4.69, 9.17) is 33.7 Å². The summed E-state index contributed by atoms with van der Waals surface area (Å²) in [5, 5.41) is 13.0. The Hall–Kier alpha value is -3.51. The van der Waals surface area contributed by atoms with Gasteiger partial charge in [0.2, 0.25) is 11.8 Å². The number of pyridine rings is 1. The van der Waals surface area contributed by atoms with Crippen LogP contribution in [0.25, 0.3) is 0 Å². The van der Waals surface area contributed by atoms with Crippen molar-refractivity contribution in [3.8, 4) is 0 Å². The average molecular weight is 581 g/mol. The van der Waals surface area contributed by atoms with Gasteiger partial charge in [-0.1, -0.05) is 44.0 Å². The number of aliphatic hydroxyl groups excluding tert-OH is 1. The van der Waals surface area contributed by atoms with E-state index in [1.807, 2.05) is 0 Å². The molecule has 0 spiro atoms. The van der Waals surface area contributed by atoms with Crippen LogP contribution >= 0.6 is 23.2 Å². The molecule has 4 rings (SSSR count). The molecule has 14 heteroatoms. The quantitative estimate of drug-likeness (QED) is 0.364. The number of ether oxygens (including phenoxy) is 1. The molecular formula is C25H30Cl2N6O6. The van der Waals surface area contributed by atoms with E-state index in [0.717, 1.165) is 11.1 Å². The number of urea groups is 1. The molecule has 3 aliphatic heterocycles. The maximum absolute atomic E-state index is 13.0. The number of hydrogen-bond acceptors (Lipinski definition) is 7. The highest BCUT2D eigenvalue weighted by Gasteiger charge is 2.37. The van der Waals surface area contributed by atoms with Crippen molar-refractivity contribution in [1.82, 2.24) is 19.7 Å². The first-order valence-corrected chi connectivity index (χ1v) is 13.0. The number of nitrogens with one attached hydrogen (secondary N) is 1. The number of anilines is 1. The lowest BCUT2D eigenvalue weighted by Crippen LogP contribution is -2.47. The fraction of sp³-hybridized carbons (Fsp3) is 0.480. The topological polar surface area (TPSA) is 158 Å². The van der Waals surface area contributed by atoms with Gasteiger partial charge >= 0.3 is 12.1 Å². The van der Waals surface area contributed by atoms with E-state index < -0.39 is 17.4 Å². The van der Waals surface area contributed by atoms with Gasteiger partial charge in [-0.05, 0) is 23.6 Å². The molecule has 0 aromatic carbocycles. The molecule has 3 aliphatic rings. The van der Waals surface area contributed by atoms with Gasteiger partial charge in [0, 0.05) is 38.1 Å². The minimum Gasteiger partial charge on any atom is -0.510 e. The Balaban J connectivity index is 1.32. The molecule has 4 heterocycles. The minimum atomic E-state index is -0.686. The van der Waals surface area contributed by atoms with E-state index in [0.29, 0.717) is 31.9 Å². The Morgan fingerprint density at radius 3 is 2.23 bits per heavy atom. The molecule has 1 aromatic rings. The van der Waals surface area contributed by atoms with Crippen molar-refractivity contribution in [3.05, 3.63) is 44.4 Å². The molecule has 210 valence electrons. The molecule has 0 radical (unpaired) electrons. The summed E-state index contributed by atoms with van der Waals surface area (Å²) in [7, 11) is 0. The Morgan fingerprint density at radius 2 is 1.67 bits per heavy atom. The third kappa shape index (κ3) is 6.22. The van der Waals surface area contributed by atoms with Gasteiger partial charge in [-0.2, -0.15) is 0 Å². The van der Waals surface area contributed by atoms with E-state index in [9.17, 15) is 24.3 Å². The number of nitrogens with zero attached hydrogens (tertiary/aromatic N) is 4. The number of nitrogens with two attached hydrogens (primary N) is 1. The third-order valence-corrected chi connectivity index (χ3v) is 7.39. The first-order valence-electron chi connectivity index (χ1n) is 12.3. The lowest BCUT2D eigenvalue weighted by atomic mass is 9.95. The molecule has 0 unspecified atom stereocenters. The summed E-state index contributed by atoms with van der Waals surface area (Å²) in [4.78, 5) is 58.4. The van der Waals surface area contributed by atoms with Gasteiger partial charge in [-0.25, -0.2) is 14.6 Å². The summed E-state index contributed by atoms with van der Waals surface area (Å²) in [6.45, 7) is 6.55. The van der Waals surface area contributed by atoms with E-state index in [-0.39, 0.29) is 65.3 Å². The number of amides is 5. The minimum absolute atomic E-state index is 0.0198. The number of carbonyl (C=O) groups is 4. The molecule has 0 atom stereocenters. The van der Waals surface area contributed by atoms with Gasteiger partial charge < -0.3 is 35.6 Å². The van der Waals surface area contributed by atoms with E-state index in [1.54, 1.807) is 25.7 Å². The molecule has 5 amide bonds. The van der Waals surface area contributed by atoms with Crippen molar-refractivity contribution in [2.24, 2.45) is 11.1 Å². The first kappa shape index (κ1) is 28.5. The van der Waals surface area contributed by atoms with Crippen LogP contribution < -0.4 is 11.1 Å². The van der Waals surface area contributed by atoms with Crippen molar-refractivity contribution in [3.63, 3.8) is 0 Å². The molecule has 4 N–H and O–H groups in total.